The summed E-state index contributed by atoms with van der Waals surface area (Å²) >= 11 is 0. The summed E-state index contributed by atoms with van der Waals surface area (Å²) in [7, 11) is 6.17. The van der Waals surface area contributed by atoms with Crippen molar-refractivity contribution in [3.05, 3.63) is 115 Å². The molecule has 0 saturated carbocycles. The Morgan fingerprint density at radius 2 is 1.49 bits per heavy atom. The molecular formula is C30H31BrN3Pd-. The first-order valence-corrected chi connectivity index (χ1v) is 11.4. The van der Waals surface area contributed by atoms with E-state index in [2.05, 4.69) is 122 Å². The molecule has 0 aromatic heterocycles. The molecule has 1 heterocycles. The Bertz CT molecular complexity index is 1390. The predicted octanol–water partition coefficient (Wildman–Crippen LogP) is 3.72. The molecule has 0 spiro atoms. The Kier molecular flexibility index (Phi) is 9.33. The molecule has 6 rings (SSSR count). The maximum absolute atomic E-state index is 3.16. The molecule has 1 aliphatic rings. The van der Waals surface area contributed by atoms with Crippen molar-refractivity contribution in [2.24, 2.45) is 0 Å². The van der Waals surface area contributed by atoms with Gasteiger partial charge >= 0.3 is 0 Å². The normalized spacial score (nSPS) is 12.7. The monoisotopic (exact) mass is 618 g/mol. The molecule has 5 heteroatoms. The van der Waals surface area contributed by atoms with E-state index in [1.165, 1.54) is 43.4 Å². The minimum atomic E-state index is 0. The second kappa shape index (κ2) is 12.0. The Morgan fingerprint density at radius 3 is 2.11 bits per heavy atom. The second-order valence-electron chi connectivity index (χ2n) is 8.96. The molecule has 0 aliphatic carbocycles. The van der Waals surface area contributed by atoms with Gasteiger partial charge in [0.2, 0.25) is 0 Å². The van der Waals surface area contributed by atoms with Gasteiger partial charge < -0.3 is 31.7 Å². The Balaban J connectivity index is 0.000000304. The van der Waals surface area contributed by atoms with Crippen LogP contribution < -0.4 is 17.0 Å². The summed E-state index contributed by atoms with van der Waals surface area (Å²) < 4.78 is 0. The van der Waals surface area contributed by atoms with Gasteiger partial charge in [0.05, 0.1) is 0 Å². The fraction of sp³-hybridized carbons (Fsp3) is 0.167. The van der Waals surface area contributed by atoms with Crippen LogP contribution >= 0.6 is 0 Å². The molecule has 0 fully saturated rings. The summed E-state index contributed by atoms with van der Waals surface area (Å²) in [6.45, 7) is 3.99. The number of hydrogen-bond acceptors (Lipinski definition) is 3. The van der Waals surface area contributed by atoms with Crippen LogP contribution in [0.1, 0.15) is 12.6 Å². The minimum Gasteiger partial charge on any atom is -1.00 e. The van der Waals surface area contributed by atoms with Crippen molar-refractivity contribution in [3.8, 4) is 0 Å². The van der Waals surface area contributed by atoms with Crippen molar-refractivity contribution >= 4 is 32.3 Å². The zero-order chi connectivity index (χ0) is 22.8. The van der Waals surface area contributed by atoms with E-state index in [0.29, 0.717) is 0 Å². The molecule has 184 valence electrons. The largest absolute Gasteiger partial charge is 1.00 e. The van der Waals surface area contributed by atoms with Crippen LogP contribution in [0.5, 0.6) is 0 Å². The van der Waals surface area contributed by atoms with E-state index in [4.69, 9.17) is 0 Å². The van der Waals surface area contributed by atoms with Gasteiger partial charge in [0, 0.05) is 54.4 Å². The zero-order valence-corrected chi connectivity index (χ0v) is 23.3. The SMILES string of the molecule is CN(C)Cc1[c]cccc1.CN1[CH]N(Cc2ccc3ccc4cccc5ccc2c3c45)C=C1.[Br-].[HH].[Pd]. The van der Waals surface area contributed by atoms with Crippen LogP contribution in [0.2, 0.25) is 0 Å². The molecule has 5 aromatic rings. The summed E-state index contributed by atoms with van der Waals surface area (Å²) in [5.74, 6) is 0. The zero-order valence-electron chi connectivity index (χ0n) is 20.2. The first kappa shape index (κ1) is 27.2. The van der Waals surface area contributed by atoms with Gasteiger partial charge in [-0.2, -0.15) is 0 Å². The molecule has 5 aromatic carbocycles. The number of benzene rings is 5. The summed E-state index contributed by atoms with van der Waals surface area (Å²) in [6, 6.07) is 31.3. The third kappa shape index (κ3) is 6.05. The van der Waals surface area contributed by atoms with E-state index < -0.39 is 0 Å². The van der Waals surface area contributed by atoms with E-state index >= 15 is 0 Å². The van der Waals surface area contributed by atoms with E-state index in [1.807, 2.05) is 18.2 Å². The van der Waals surface area contributed by atoms with Gasteiger partial charge in [0.25, 0.3) is 0 Å². The summed E-state index contributed by atoms with van der Waals surface area (Å²) in [4.78, 5) is 6.44. The average Bonchev–Trinajstić information content (AvgIpc) is 3.23. The maximum atomic E-state index is 3.16. The van der Waals surface area contributed by atoms with Crippen molar-refractivity contribution in [1.29, 1.82) is 0 Å². The van der Waals surface area contributed by atoms with Crippen LogP contribution in [0, 0.1) is 12.7 Å². The molecular weight excluding hydrogens is 589 g/mol. The van der Waals surface area contributed by atoms with Crippen LogP contribution in [0.4, 0.5) is 0 Å². The van der Waals surface area contributed by atoms with E-state index in [0.717, 1.165) is 13.1 Å². The predicted molar refractivity (Wildman–Crippen MR) is 142 cm³/mol. The summed E-state index contributed by atoms with van der Waals surface area (Å²) in [5.41, 5.74) is 2.61. The van der Waals surface area contributed by atoms with Gasteiger partial charge in [-0.05, 0) is 63.6 Å². The molecule has 1 aliphatic heterocycles. The van der Waals surface area contributed by atoms with Crippen LogP contribution in [0.3, 0.4) is 0 Å². The molecule has 35 heavy (non-hydrogen) atoms. The maximum Gasteiger partial charge on any atom is 0.141 e. The Morgan fingerprint density at radius 1 is 0.800 bits per heavy atom. The molecule has 0 amide bonds. The Hall–Kier alpha value is -2.42. The van der Waals surface area contributed by atoms with Crippen LogP contribution in [-0.2, 0) is 33.5 Å². The molecule has 0 unspecified atom stereocenters. The third-order valence-corrected chi connectivity index (χ3v) is 6.06. The van der Waals surface area contributed by atoms with Gasteiger partial charge in [-0.3, -0.25) is 0 Å². The summed E-state index contributed by atoms with van der Waals surface area (Å²) in [5, 5.41) is 8.13. The molecule has 0 bridgehead atoms. The minimum absolute atomic E-state index is 0. The van der Waals surface area contributed by atoms with Crippen LogP contribution in [0.15, 0.2) is 91.3 Å². The van der Waals surface area contributed by atoms with Crippen molar-refractivity contribution in [2.75, 3.05) is 21.1 Å². The van der Waals surface area contributed by atoms with Gasteiger partial charge in [0.15, 0.2) is 0 Å². The standard InChI is InChI=1S/C21H17N2.C9H12N.BrH.Pd.H2/c1-22-11-12-23(14-22)13-18-8-7-17-6-5-15-3-2-4-16-9-10-19(18)21(17)20(15)16;1-10(2)8-9-6-4-3-5-7-9;;;/h2-12,14H,13H2,1H3;3-6H,8H2,1-2H3;1H;;1H/p-1. The second-order valence-corrected chi connectivity index (χ2v) is 8.96. The molecule has 0 N–H and O–H groups in total. The van der Waals surface area contributed by atoms with E-state index in [9.17, 15) is 0 Å². The third-order valence-electron chi connectivity index (χ3n) is 6.06. The van der Waals surface area contributed by atoms with Crippen molar-refractivity contribution in [3.63, 3.8) is 0 Å². The van der Waals surface area contributed by atoms with Crippen LogP contribution in [0.25, 0.3) is 32.3 Å². The Labute approximate surface area is 234 Å². The van der Waals surface area contributed by atoms with Gasteiger partial charge in [-0.25, -0.2) is 0 Å². The fourth-order valence-corrected chi connectivity index (χ4v) is 4.60. The van der Waals surface area contributed by atoms with E-state index in [-0.39, 0.29) is 38.8 Å². The van der Waals surface area contributed by atoms with Gasteiger partial charge in [0.1, 0.15) is 6.67 Å². The molecule has 0 atom stereocenters. The van der Waals surface area contributed by atoms with Crippen molar-refractivity contribution < 1.29 is 38.8 Å². The fourth-order valence-electron chi connectivity index (χ4n) is 4.60. The first-order valence-electron chi connectivity index (χ1n) is 11.4. The number of hydrogen-bond donors (Lipinski definition) is 0. The quantitative estimate of drug-likeness (QED) is 0.224. The molecule has 0 saturated heterocycles. The first-order chi connectivity index (χ1) is 16.1. The smallest absolute Gasteiger partial charge is 0.141 e. The van der Waals surface area contributed by atoms with Crippen LogP contribution in [-0.4, -0.2) is 35.8 Å². The number of halogens is 1. The topological polar surface area (TPSA) is 9.72 Å². The van der Waals surface area contributed by atoms with E-state index in [1.54, 1.807) is 0 Å². The van der Waals surface area contributed by atoms with Gasteiger partial charge in [-0.15, -0.1) is 0 Å². The van der Waals surface area contributed by atoms with Gasteiger partial charge in [-0.1, -0.05) is 78.9 Å². The average molecular weight is 620 g/mol. The number of rotatable bonds is 4. The van der Waals surface area contributed by atoms with Crippen molar-refractivity contribution in [2.45, 2.75) is 13.1 Å². The molecule has 2 radical (unpaired) electrons. The summed E-state index contributed by atoms with van der Waals surface area (Å²) in [6.07, 6.45) is 4.20. The molecule has 3 nitrogen and oxygen atoms in total. The number of nitrogens with zero attached hydrogens (tertiary/aromatic N) is 3. The van der Waals surface area contributed by atoms with Crippen molar-refractivity contribution in [1.82, 2.24) is 14.7 Å².